The second-order valence-electron chi connectivity index (χ2n) is 5.93. The smallest absolute Gasteiger partial charge is 0.332 e. The molecule has 2 atom stereocenters. The van der Waals surface area contributed by atoms with Gasteiger partial charge in [-0.2, -0.15) is 0 Å². The Balaban J connectivity index is 2.00. The summed E-state index contributed by atoms with van der Waals surface area (Å²) in [5.41, 5.74) is 3.51. The molecule has 1 aromatic carbocycles. The fraction of sp³-hybridized carbons (Fsp3) is 0.235. The molecule has 0 aliphatic heterocycles. The van der Waals surface area contributed by atoms with Crippen LogP contribution in [0.4, 0.5) is 0 Å². The van der Waals surface area contributed by atoms with Crippen LogP contribution in [-0.2, 0) is 4.79 Å². The minimum atomic E-state index is -0.843. The second-order valence-corrected chi connectivity index (χ2v) is 5.93. The highest BCUT2D eigenvalue weighted by Crippen LogP contribution is 2.35. The second kappa shape index (κ2) is 4.81. The number of hydrogen-bond donors (Lipinski definition) is 2. The third-order valence-corrected chi connectivity index (χ3v) is 4.55. The number of H-pyrrole nitrogens is 1. The molecule has 0 radical (unpaired) electrons. The van der Waals surface area contributed by atoms with Crippen molar-refractivity contribution in [3.8, 4) is 0 Å². The van der Waals surface area contributed by atoms with Crippen LogP contribution in [0, 0.1) is 5.92 Å². The Kier molecular flexibility index (Phi) is 2.87. The number of rotatable bonds is 2. The molecule has 0 fully saturated rings. The fourth-order valence-corrected chi connectivity index (χ4v) is 3.34. The molecule has 2 heterocycles. The number of para-hydroxylation sites is 2. The number of fused-ring (bicyclic) bond motifs is 5. The van der Waals surface area contributed by atoms with Gasteiger partial charge in [-0.1, -0.05) is 31.2 Å². The van der Waals surface area contributed by atoms with E-state index in [1.54, 1.807) is 4.40 Å². The standard InChI is InChI=1S/C17H15N3O3/c1-9-10(8-14(21)22)6-7-11-15(9)19-17(23)20-13-5-3-2-4-12(13)18-16(11)20/h2-7,9-10H,8H2,1H3,(H,19,23)(H,21,22). The highest BCUT2D eigenvalue weighted by Gasteiger charge is 2.28. The van der Waals surface area contributed by atoms with Crippen LogP contribution in [0.3, 0.4) is 0 Å². The first-order valence-corrected chi connectivity index (χ1v) is 7.49. The zero-order chi connectivity index (χ0) is 16.1. The lowest BCUT2D eigenvalue weighted by Gasteiger charge is -2.25. The molecule has 2 unspecified atom stereocenters. The number of aromatic nitrogens is 3. The van der Waals surface area contributed by atoms with Crippen LogP contribution in [0.1, 0.15) is 30.5 Å². The molecule has 6 heteroatoms. The van der Waals surface area contributed by atoms with Crippen molar-refractivity contribution in [2.75, 3.05) is 0 Å². The summed E-state index contributed by atoms with van der Waals surface area (Å²) in [6.07, 6.45) is 3.82. The zero-order valence-corrected chi connectivity index (χ0v) is 12.5. The molecule has 6 nitrogen and oxygen atoms in total. The predicted molar refractivity (Wildman–Crippen MR) is 86.5 cm³/mol. The Bertz CT molecular complexity index is 1030. The molecule has 3 aromatic rings. The van der Waals surface area contributed by atoms with Gasteiger partial charge in [-0.25, -0.2) is 14.2 Å². The predicted octanol–water partition coefficient (Wildman–Crippen LogP) is 2.40. The van der Waals surface area contributed by atoms with Crippen molar-refractivity contribution in [3.05, 3.63) is 52.1 Å². The Morgan fingerprint density at radius 3 is 2.96 bits per heavy atom. The van der Waals surface area contributed by atoms with E-state index in [4.69, 9.17) is 5.11 Å². The molecular weight excluding hydrogens is 294 g/mol. The molecule has 0 saturated carbocycles. The van der Waals surface area contributed by atoms with E-state index in [0.29, 0.717) is 5.65 Å². The summed E-state index contributed by atoms with van der Waals surface area (Å²) in [6.45, 7) is 1.94. The summed E-state index contributed by atoms with van der Waals surface area (Å²) in [7, 11) is 0. The summed E-state index contributed by atoms with van der Waals surface area (Å²) in [5.74, 6) is -1.06. The first-order valence-electron chi connectivity index (χ1n) is 7.49. The third kappa shape index (κ3) is 1.98. The van der Waals surface area contributed by atoms with Crippen LogP contribution in [0.25, 0.3) is 22.8 Å². The number of allylic oxidation sites excluding steroid dienone is 1. The van der Waals surface area contributed by atoms with Gasteiger partial charge < -0.3 is 10.1 Å². The number of nitrogens with one attached hydrogen (secondary N) is 1. The number of carboxylic acid groups (broad SMARTS) is 1. The highest BCUT2D eigenvalue weighted by molar-refractivity contribution is 5.84. The maximum absolute atomic E-state index is 12.5. The van der Waals surface area contributed by atoms with Crippen LogP contribution in [-0.4, -0.2) is 25.4 Å². The van der Waals surface area contributed by atoms with Crippen molar-refractivity contribution >= 4 is 28.7 Å². The SMILES string of the molecule is CC1c2[nH]c(=O)n3c(nc4ccccc43)c2C=CC1CC(=O)O. The first-order chi connectivity index (χ1) is 11.1. The van der Waals surface area contributed by atoms with Gasteiger partial charge in [0.15, 0.2) is 5.65 Å². The van der Waals surface area contributed by atoms with Crippen molar-refractivity contribution in [1.82, 2.24) is 14.4 Å². The first kappa shape index (κ1) is 13.8. The van der Waals surface area contributed by atoms with E-state index in [-0.39, 0.29) is 23.9 Å². The third-order valence-electron chi connectivity index (χ3n) is 4.55. The number of aliphatic carboxylic acids is 1. The minimum absolute atomic E-state index is 0.0424. The van der Waals surface area contributed by atoms with E-state index in [9.17, 15) is 9.59 Å². The Hall–Kier alpha value is -2.89. The lowest BCUT2D eigenvalue weighted by molar-refractivity contribution is -0.137. The summed E-state index contributed by atoms with van der Waals surface area (Å²) < 4.78 is 1.57. The van der Waals surface area contributed by atoms with Crippen LogP contribution in [0.2, 0.25) is 0 Å². The van der Waals surface area contributed by atoms with Gasteiger partial charge in [-0.3, -0.25) is 4.79 Å². The summed E-state index contributed by atoms with van der Waals surface area (Å²) in [6, 6.07) is 7.49. The van der Waals surface area contributed by atoms with Crippen molar-refractivity contribution in [2.45, 2.75) is 19.3 Å². The van der Waals surface area contributed by atoms with Gasteiger partial charge in [0.1, 0.15) is 0 Å². The van der Waals surface area contributed by atoms with Gasteiger partial charge in [0.25, 0.3) is 0 Å². The lowest BCUT2D eigenvalue weighted by Crippen LogP contribution is -2.25. The van der Waals surface area contributed by atoms with Gasteiger partial charge in [-0.15, -0.1) is 0 Å². The molecule has 2 aromatic heterocycles. The average Bonchev–Trinajstić information content (AvgIpc) is 2.90. The van der Waals surface area contributed by atoms with Crippen LogP contribution in [0.5, 0.6) is 0 Å². The number of aromatic amines is 1. The van der Waals surface area contributed by atoms with Gasteiger partial charge in [0, 0.05) is 17.2 Å². The minimum Gasteiger partial charge on any atom is -0.481 e. The maximum atomic E-state index is 12.5. The van der Waals surface area contributed by atoms with Crippen molar-refractivity contribution in [2.24, 2.45) is 5.92 Å². The van der Waals surface area contributed by atoms with Crippen LogP contribution in [0.15, 0.2) is 35.1 Å². The van der Waals surface area contributed by atoms with E-state index >= 15 is 0 Å². The number of carboxylic acids is 1. The number of hydrogen-bond acceptors (Lipinski definition) is 3. The molecule has 1 aliphatic carbocycles. The van der Waals surface area contributed by atoms with E-state index in [1.165, 1.54) is 0 Å². The van der Waals surface area contributed by atoms with E-state index < -0.39 is 5.97 Å². The molecule has 0 saturated heterocycles. The average molecular weight is 309 g/mol. The topological polar surface area (TPSA) is 87.5 Å². The quantitative estimate of drug-likeness (QED) is 0.761. The van der Waals surface area contributed by atoms with E-state index in [2.05, 4.69) is 9.97 Å². The number of carbonyl (C=O) groups is 1. The zero-order valence-electron chi connectivity index (χ0n) is 12.5. The molecule has 4 rings (SSSR count). The molecule has 116 valence electrons. The Labute approximate surface area is 131 Å². The number of benzene rings is 1. The molecular formula is C17H15N3O3. The largest absolute Gasteiger partial charge is 0.481 e. The Morgan fingerprint density at radius 2 is 2.17 bits per heavy atom. The van der Waals surface area contributed by atoms with E-state index in [0.717, 1.165) is 22.3 Å². The van der Waals surface area contributed by atoms with Gasteiger partial charge in [0.05, 0.1) is 17.5 Å². The van der Waals surface area contributed by atoms with Crippen molar-refractivity contribution < 1.29 is 9.90 Å². The molecule has 1 aliphatic rings. The molecule has 0 spiro atoms. The van der Waals surface area contributed by atoms with Crippen LogP contribution < -0.4 is 5.69 Å². The van der Waals surface area contributed by atoms with Gasteiger partial charge in [-0.05, 0) is 18.1 Å². The van der Waals surface area contributed by atoms with Gasteiger partial charge in [0.2, 0.25) is 0 Å². The number of nitrogens with zero attached hydrogens (tertiary/aromatic N) is 2. The molecule has 2 N–H and O–H groups in total. The Morgan fingerprint density at radius 1 is 1.39 bits per heavy atom. The normalized spacial score (nSPS) is 20.0. The maximum Gasteiger partial charge on any atom is 0.332 e. The lowest BCUT2D eigenvalue weighted by atomic mass is 9.82. The molecule has 0 bridgehead atoms. The fourth-order valence-electron chi connectivity index (χ4n) is 3.34. The number of imidazole rings is 1. The van der Waals surface area contributed by atoms with E-state index in [1.807, 2.05) is 43.3 Å². The van der Waals surface area contributed by atoms with Gasteiger partial charge >= 0.3 is 11.7 Å². The monoisotopic (exact) mass is 309 g/mol. The summed E-state index contributed by atoms with van der Waals surface area (Å²) in [4.78, 5) is 31.0. The highest BCUT2D eigenvalue weighted by atomic mass is 16.4. The molecule has 0 amide bonds. The van der Waals surface area contributed by atoms with Crippen molar-refractivity contribution in [3.63, 3.8) is 0 Å². The summed E-state index contributed by atoms with van der Waals surface area (Å²) >= 11 is 0. The summed E-state index contributed by atoms with van der Waals surface area (Å²) in [5, 5.41) is 9.03. The molecule has 23 heavy (non-hydrogen) atoms. The van der Waals surface area contributed by atoms with Crippen molar-refractivity contribution in [1.29, 1.82) is 0 Å². The van der Waals surface area contributed by atoms with Crippen LogP contribution >= 0.6 is 0 Å².